The van der Waals surface area contributed by atoms with Crippen LogP contribution in [-0.2, 0) is 11.3 Å². The maximum atomic E-state index is 12.7. The van der Waals surface area contributed by atoms with Gasteiger partial charge in [0.2, 0.25) is 0 Å². The molecule has 2 N–H and O–H groups in total. The molecule has 1 amide bonds. The lowest BCUT2D eigenvalue weighted by Gasteiger charge is -2.20. The molecule has 1 aliphatic carbocycles. The van der Waals surface area contributed by atoms with E-state index in [2.05, 4.69) is 0 Å². The van der Waals surface area contributed by atoms with E-state index in [1.54, 1.807) is 0 Å². The van der Waals surface area contributed by atoms with Gasteiger partial charge in [0.1, 0.15) is 17.8 Å². The van der Waals surface area contributed by atoms with Gasteiger partial charge >= 0.3 is 12.1 Å². The molecule has 1 fully saturated rings. The summed E-state index contributed by atoms with van der Waals surface area (Å²) in [6.07, 6.45) is -3.47. The Kier molecular flexibility index (Phi) is 3.03. The zero-order valence-corrected chi connectivity index (χ0v) is 9.70. The normalized spacial score (nSPS) is 17.0. The predicted molar refractivity (Wildman–Crippen MR) is 57.6 cm³/mol. The van der Waals surface area contributed by atoms with Crippen molar-refractivity contribution in [3.8, 4) is 0 Å². The summed E-state index contributed by atoms with van der Waals surface area (Å²) in [6.45, 7) is -0.477. The standard InChI is InChI=1S/C11H11F3N2O3/c12-11(13,14)10(3-4-10)15-9(19)7-2-1-5-16(7)6-8(17)18/h1-2,5H,3-4,6H2,(H,15,19)(H,17,18). The Morgan fingerprint density at radius 1 is 1.42 bits per heavy atom. The Bertz CT molecular complexity index is 518. The molecule has 19 heavy (non-hydrogen) atoms. The molecule has 0 unspecified atom stereocenters. The highest BCUT2D eigenvalue weighted by molar-refractivity contribution is 5.94. The van der Waals surface area contributed by atoms with Crippen molar-refractivity contribution in [3.05, 3.63) is 24.0 Å². The number of carbonyl (C=O) groups is 2. The van der Waals surface area contributed by atoms with Gasteiger partial charge in [-0.1, -0.05) is 0 Å². The van der Waals surface area contributed by atoms with Crippen LogP contribution in [-0.4, -0.2) is 33.3 Å². The van der Waals surface area contributed by atoms with Crippen LogP contribution in [0.25, 0.3) is 0 Å². The van der Waals surface area contributed by atoms with Gasteiger partial charge in [-0.2, -0.15) is 13.2 Å². The minimum atomic E-state index is -4.49. The summed E-state index contributed by atoms with van der Waals surface area (Å²) < 4.78 is 39.2. The van der Waals surface area contributed by atoms with Crippen LogP contribution in [0.5, 0.6) is 0 Å². The minimum absolute atomic E-state index is 0.0991. The molecule has 1 saturated carbocycles. The fraction of sp³-hybridized carbons (Fsp3) is 0.455. The summed E-state index contributed by atoms with van der Waals surface area (Å²) in [4.78, 5) is 22.4. The SMILES string of the molecule is O=C(O)Cn1cccc1C(=O)NC1(C(F)(F)F)CC1. The number of hydrogen-bond acceptors (Lipinski definition) is 2. The number of alkyl halides is 3. The zero-order chi connectivity index (χ0) is 14.3. The summed E-state index contributed by atoms with van der Waals surface area (Å²) in [5, 5.41) is 10.6. The van der Waals surface area contributed by atoms with Crippen molar-refractivity contribution in [3.63, 3.8) is 0 Å². The first-order valence-electron chi connectivity index (χ1n) is 5.51. The molecule has 8 heteroatoms. The number of rotatable bonds is 4. The van der Waals surface area contributed by atoms with Gasteiger partial charge in [-0.3, -0.25) is 9.59 Å². The van der Waals surface area contributed by atoms with Crippen LogP contribution >= 0.6 is 0 Å². The first-order valence-corrected chi connectivity index (χ1v) is 5.51. The fourth-order valence-corrected chi connectivity index (χ4v) is 1.79. The average molecular weight is 276 g/mol. The molecule has 0 spiro atoms. The molecule has 0 aliphatic heterocycles. The third-order valence-corrected chi connectivity index (χ3v) is 3.01. The number of halogens is 3. The van der Waals surface area contributed by atoms with E-state index in [0.29, 0.717) is 0 Å². The van der Waals surface area contributed by atoms with E-state index in [1.807, 2.05) is 5.32 Å². The lowest BCUT2D eigenvalue weighted by Crippen LogP contribution is -2.48. The van der Waals surface area contributed by atoms with E-state index in [1.165, 1.54) is 18.3 Å². The molecular weight excluding hydrogens is 265 g/mol. The fourth-order valence-electron chi connectivity index (χ4n) is 1.79. The molecule has 2 rings (SSSR count). The highest BCUT2D eigenvalue weighted by atomic mass is 19.4. The third-order valence-electron chi connectivity index (χ3n) is 3.01. The second-order valence-electron chi connectivity index (χ2n) is 4.45. The van der Waals surface area contributed by atoms with Crippen molar-refractivity contribution in [2.45, 2.75) is 31.1 Å². The molecule has 1 aliphatic rings. The van der Waals surface area contributed by atoms with E-state index in [9.17, 15) is 22.8 Å². The second kappa shape index (κ2) is 4.29. The Morgan fingerprint density at radius 2 is 2.05 bits per heavy atom. The number of nitrogens with zero attached hydrogens (tertiary/aromatic N) is 1. The molecule has 0 bridgehead atoms. The van der Waals surface area contributed by atoms with Crippen LogP contribution in [0.2, 0.25) is 0 Å². The number of aliphatic carboxylic acids is 1. The molecule has 1 aromatic heterocycles. The largest absolute Gasteiger partial charge is 0.480 e. The first kappa shape index (κ1) is 13.4. The second-order valence-corrected chi connectivity index (χ2v) is 4.45. The van der Waals surface area contributed by atoms with E-state index in [0.717, 1.165) is 4.57 Å². The smallest absolute Gasteiger partial charge is 0.411 e. The summed E-state index contributed by atoms with van der Waals surface area (Å²) >= 11 is 0. The van der Waals surface area contributed by atoms with Crippen molar-refractivity contribution in [2.75, 3.05) is 0 Å². The molecule has 0 atom stereocenters. The van der Waals surface area contributed by atoms with Gasteiger partial charge in [-0.05, 0) is 25.0 Å². The van der Waals surface area contributed by atoms with Crippen molar-refractivity contribution in [1.82, 2.24) is 9.88 Å². The highest BCUT2D eigenvalue weighted by Gasteiger charge is 2.64. The molecule has 104 valence electrons. The summed E-state index contributed by atoms with van der Waals surface area (Å²) in [7, 11) is 0. The van der Waals surface area contributed by atoms with Crippen LogP contribution in [0, 0.1) is 0 Å². The maximum absolute atomic E-state index is 12.7. The number of amides is 1. The lowest BCUT2D eigenvalue weighted by atomic mass is 10.2. The maximum Gasteiger partial charge on any atom is 0.411 e. The van der Waals surface area contributed by atoms with E-state index >= 15 is 0 Å². The first-order chi connectivity index (χ1) is 8.75. The van der Waals surface area contributed by atoms with E-state index in [4.69, 9.17) is 5.11 Å². The number of aromatic nitrogens is 1. The molecule has 0 radical (unpaired) electrons. The quantitative estimate of drug-likeness (QED) is 0.873. The number of carboxylic acid groups (broad SMARTS) is 1. The number of nitrogens with one attached hydrogen (secondary N) is 1. The monoisotopic (exact) mass is 276 g/mol. The van der Waals surface area contributed by atoms with Gasteiger partial charge in [-0.15, -0.1) is 0 Å². The van der Waals surface area contributed by atoms with Crippen LogP contribution in [0.1, 0.15) is 23.3 Å². The Hall–Kier alpha value is -1.99. The van der Waals surface area contributed by atoms with Crippen molar-refractivity contribution in [2.24, 2.45) is 0 Å². The van der Waals surface area contributed by atoms with Crippen molar-refractivity contribution < 1.29 is 27.9 Å². The lowest BCUT2D eigenvalue weighted by molar-refractivity contribution is -0.163. The van der Waals surface area contributed by atoms with Gasteiger partial charge in [0.25, 0.3) is 5.91 Å². The van der Waals surface area contributed by atoms with E-state index in [-0.39, 0.29) is 18.5 Å². The van der Waals surface area contributed by atoms with Crippen LogP contribution < -0.4 is 5.32 Å². The van der Waals surface area contributed by atoms with Gasteiger partial charge in [0.05, 0.1) is 0 Å². The molecule has 1 aromatic rings. The molecule has 0 saturated heterocycles. The topological polar surface area (TPSA) is 71.3 Å². The summed E-state index contributed by atoms with van der Waals surface area (Å²) in [6, 6.07) is 2.69. The van der Waals surface area contributed by atoms with Gasteiger partial charge in [0.15, 0.2) is 0 Å². The molecule has 0 aromatic carbocycles. The zero-order valence-electron chi connectivity index (χ0n) is 9.70. The summed E-state index contributed by atoms with van der Waals surface area (Å²) in [5.41, 5.74) is -2.25. The van der Waals surface area contributed by atoms with Gasteiger partial charge in [0, 0.05) is 6.20 Å². The van der Waals surface area contributed by atoms with Crippen LogP contribution in [0.3, 0.4) is 0 Å². The highest BCUT2D eigenvalue weighted by Crippen LogP contribution is 2.49. The molecule has 5 nitrogen and oxygen atoms in total. The Balaban J connectivity index is 2.13. The Morgan fingerprint density at radius 3 is 2.53 bits per heavy atom. The van der Waals surface area contributed by atoms with Crippen molar-refractivity contribution >= 4 is 11.9 Å². The number of carboxylic acids is 1. The molecular formula is C11H11F3N2O3. The van der Waals surface area contributed by atoms with Crippen LogP contribution in [0.15, 0.2) is 18.3 Å². The van der Waals surface area contributed by atoms with Crippen molar-refractivity contribution in [1.29, 1.82) is 0 Å². The van der Waals surface area contributed by atoms with E-state index < -0.39 is 30.1 Å². The minimum Gasteiger partial charge on any atom is -0.480 e. The number of carbonyl (C=O) groups excluding carboxylic acids is 1. The van der Waals surface area contributed by atoms with Gasteiger partial charge in [-0.25, -0.2) is 0 Å². The van der Waals surface area contributed by atoms with Gasteiger partial charge < -0.3 is 15.0 Å². The van der Waals surface area contributed by atoms with Crippen LogP contribution in [0.4, 0.5) is 13.2 Å². The summed E-state index contributed by atoms with van der Waals surface area (Å²) in [5.74, 6) is -2.09. The third kappa shape index (κ3) is 2.56. The Labute approximate surface area is 106 Å². The predicted octanol–water partition coefficient (Wildman–Crippen LogP) is 1.40. The molecule has 1 heterocycles. The average Bonchev–Trinajstić information content (AvgIpc) is 2.90. The number of hydrogen-bond donors (Lipinski definition) is 2.